The van der Waals surface area contributed by atoms with Crippen LogP contribution in [0.5, 0.6) is 0 Å². The second-order valence-corrected chi connectivity index (χ2v) is 8.24. The Balaban J connectivity index is 2.07. The monoisotopic (exact) mass is 368 g/mol. The topological polar surface area (TPSA) is 87.5 Å². The summed E-state index contributed by atoms with van der Waals surface area (Å²) in [6.45, 7) is 0. The molecule has 26 heavy (non-hydrogen) atoms. The highest BCUT2D eigenvalue weighted by Gasteiger charge is 2.19. The summed E-state index contributed by atoms with van der Waals surface area (Å²) in [5.41, 5.74) is 2.05. The van der Waals surface area contributed by atoms with Crippen molar-refractivity contribution in [3.05, 3.63) is 65.1 Å². The van der Waals surface area contributed by atoms with Gasteiger partial charge in [-0.15, -0.1) is 0 Å². The predicted octanol–water partition coefficient (Wildman–Crippen LogP) is 2.09. The number of imidazole rings is 1. The molecule has 7 nitrogen and oxygen atoms in total. The highest BCUT2D eigenvalue weighted by atomic mass is 32.2. The summed E-state index contributed by atoms with van der Waals surface area (Å²) in [5.74, 6) is 0.625. The number of rotatable bonds is 3. The van der Waals surface area contributed by atoms with Crippen molar-refractivity contribution in [2.24, 2.45) is 0 Å². The zero-order valence-corrected chi connectivity index (χ0v) is 15.0. The van der Waals surface area contributed by atoms with E-state index in [1.807, 2.05) is 30.3 Å². The highest BCUT2D eigenvalue weighted by molar-refractivity contribution is 7.89. The number of hydrogen-bond acceptors (Lipinski definition) is 4. The molecule has 2 aromatic carbocycles. The molecule has 0 amide bonds. The molecule has 0 bridgehead atoms. The second kappa shape index (κ2) is 5.79. The fourth-order valence-corrected chi connectivity index (χ4v) is 3.84. The van der Waals surface area contributed by atoms with Crippen molar-refractivity contribution in [2.45, 2.75) is 4.90 Å². The van der Waals surface area contributed by atoms with Crippen LogP contribution in [-0.2, 0) is 10.0 Å². The first-order chi connectivity index (χ1) is 12.4. The Hall–Kier alpha value is -2.97. The minimum atomic E-state index is -3.60. The molecule has 0 spiro atoms. The summed E-state index contributed by atoms with van der Waals surface area (Å²) in [6, 6.07) is 14.2. The van der Waals surface area contributed by atoms with Gasteiger partial charge in [-0.1, -0.05) is 30.3 Å². The molecule has 0 saturated heterocycles. The van der Waals surface area contributed by atoms with Gasteiger partial charge in [0, 0.05) is 19.7 Å². The molecule has 2 aromatic heterocycles. The van der Waals surface area contributed by atoms with E-state index in [4.69, 9.17) is 0 Å². The van der Waals surface area contributed by atoms with Crippen LogP contribution >= 0.6 is 0 Å². The standard InChI is InChI=1S/C18H16N4O3S/c1-21(2)26(24,25)13-8-9-15-14(10-13)20-18(23)16-11-19-17(22(15)16)12-6-4-3-5-7-12/h3-11H,1-2H3,(H,20,23). The Morgan fingerprint density at radius 2 is 1.77 bits per heavy atom. The normalized spacial score (nSPS) is 12.3. The first-order valence-corrected chi connectivity index (χ1v) is 9.35. The molecule has 132 valence electrons. The summed E-state index contributed by atoms with van der Waals surface area (Å²) in [7, 11) is -0.663. The van der Waals surface area contributed by atoms with E-state index in [-0.39, 0.29) is 10.5 Å². The number of nitrogens with zero attached hydrogens (tertiary/aromatic N) is 3. The summed E-state index contributed by atoms with van der Waals surface area (Å²) >= 11 is 0. The van der Waals surface area contributed by atoms with Gasteiger partial charge >= 0.3 is 0 Å². The van der Waals surface area contributed by atoms with Crippen LogP contribution in [0.4, 0.5) is 0 Å². The zero-order chi connectivity index (χ0) is 18.5. The van der Waals surface area contributed by atoms with E-state index in [0.29, 0.717) is 22.4 Å². The fraction of sp³-hybridized carbons (Fsp3) is 0.111. The number of aromatic amines is 1. The zero-order valence-electron chi connectivity index (χ0n) is 14.2. The Kier molecular flexibility index (Phi) is 3.67. The molecule has 0 saturated carbocycles. The highest BCUT2D eigenvalue weighted by Crippen LogP contribution is 2.24. The Morgan fingerprint density at radius 3 is 2.46 bits per heavy atom. The number of fused-ring (bicyclic) bond motifs is 3. The molecule has 0 unspecified atom stereocenters. The van der Waals surface area contributed by atoms with Gasteiger partial charge in [0.05, 0.1) is 22.1 Å². The maximum Gasteiger partial charge on any atom is 0.274 e. The number of sulfonamides is 1. The van der Waals surface area contributed by atoms with Crippen molar-refractivity contribution in [3.63, 3.8) is 0 Å². The van der Waals surface area contributed by atoms with Gasteiger partial charge < -0.3 is 4.98 Å². The van der Waals surface area contributed by atoms with Crippen molar-refractivity contribution in [1.82, 2.24) is 18.7 Å². The van der Waals surface area contributed by atoms with E-state index in [9.17, 15) is 13.2 Å². The van der Waals surface area contributed by atoms with Crippen molar-refractivity contribution in [3.8, 4) is 11.4 Å². The lowest BCUT2D eigenvalue weighted by Gasteiger charge is -2.12. The predicted molar refractivity (Wildman–Crippen MR) is 99.6 cm³/mol. The lowest BCUT2D eigenvalue weighted by Crippen LogP contribution is -2.22. The van der Waals surface area contributed by atoms with Crippen LogP contribution in [0.2, 0.25) is 0 Å². The van der Waals surface area contributed by atoms with Crippen LogP contribution in [0.25, 0.3) is 27.9 Å². The van der Waals surface area contributed by atoms with E-state index in [0.717, 1.165) is 9.87 Å². The molecule has 1 N–H and O–H groups in total. The smallest absolute Gasteiger partial charge is 0.274 e. The van der Waals surface area contributed by atoms with Gasteiger partial charge in [0.1, 0.15) is 11.3 Å². The van der Waals surface area contributed by atoms with E-state index < -0.39 is 10.0 Å². The van der Waals surface area contributed by atoms with E-state index >= 15 is 0 Å². The summed E-state index contributed by atoms with van der Waals surface area (Å²) < 4.78 is 27.6. The Morgan fingerprint density at radius 1 is 1.04 bits per heavy atom. The van der Waals surface area contributed by atoms with Crippen LogP contribution in [0.3, 0.4) is 0 Å². The van der Waals surface area contributed by atoms with E-state index in [1.54, 1.807) is 10.5 Å². The average Bonchev–Trinajstić information content (AvgIpc) is 3.08. The third-order valence-corrected chi connectivity index (χ3v) is 6.07. The SMILES string of the molecule is CN(C)S(=O)(=O)c1ccc2c(c1)[nH]c(=O)c1cnc(-c3ccccc3)n12. The number of hydrogen-bond donors (Lipinski definition) is 1. The van der Waals surface area contributed by atoms with Crippen LogP contribution in [0.15, 0.2) is 64.4 Å². The van der Waals surface area contributed by atoms with E-state index in [2.05, 4.69) is 9.97 Å². The molecular formula is C18H16N4O3S. The maximum atomic E-state index is 12.5. The van der Waals surface area contributed by atoms with Gasteiger partial charge in [0.2, 0.25) is 10.0 Å². The molecule has 8 heteroatoms. The fourth-order valence-electron chi connectivity index (χ4n) is 2.91. The second-order valence-electron chi connectivity index (χ2n) is 6.09. The molecule has 2 heterocycles. The van der Waals surface area contributed by atoms with Crippen molar-refractivity contribution >= 4 is 26.6 Å². The number of nitrogens with one attached hydrogen (secondary N) is 1. The number of benzene rings is 2. The van der Waals surface area contributed by atoms with Crippen molar-refractivity contribution < 1.29 is 8.42 Å². The van der Waals surface area contributed by atoms with Gasteiger partial charge in [-0.05, 0) is 18.2 Å². The number of aromatic nitrogens is 3. The first kappa shape index (κ1) is 16.5. The van der Waals surface area contributed by atoms with Gasteiger partial charge in [-0.2, -0.15) is 0 Å². The molecule has 0 aliphatic heterocycles. The molecule has 0 aliphatic rings. The molecule has 0 aliphatic carbocycles. The van der Waals surface area contributed by atoms with Crippen LogP contribution in [-0.4, -0.2) is 41.2 Å². The molecule has 4 aromatic rings. The Labute approximate surface area is 149 Å². The van der Waals surface area contributed by atoms with Gasteiger partial charge in [0.15, 0.2) is 0 Å². The molecule has 0 atom stereocenters. The van der Waals surface area contributed by atoms with Crippen LogP contribution in [0.1, 0.15) is 0 Å². The maximum absolute atomic E-state index is 12.5. The van der Waals surface area contributed by atoms with Crippen molar-refractivity contribution in [1.29, 1.82) is 0 Å². The first-order valence-electron chi connectivity index (χ1n) is 7.91. The summed E-state index contributed by atoms with van der Waals surface area (Å²) in [4.78, 5) is 19.7. The quantitative estimate of drug-likeness (QED) is 0.600. The molecule has 4 rings (SSSR count). The number of H-pyrrole nitrogens is 1. The Bertz CT molecular complexity index is 1290. The average molecular weight is 368 g/mol. The molecular weight excluding hydrogens is 352 g/mol. The van der Waals surface area contributed by atoms with Crippen LogP contribution in [0, 0.1) is 0 Å². The van der Waals surface area contributed by atoms with Gasteiger partial charge in [0.25, 0.3) is 5.56 Å². The van der Waals surface area contributed by atoms with E-state index in [1.165, 1.54) is 32.4 Å². The minimum Gasteiger partial charge on any atom is -0.319 e. The van der Waals surface area contributed by atoms with Gasteiger partial charge in [-0.25, -0.2) is 17.7 Å². The lowest BCUT2D eigenvalue weighted by atomic mass is 10.2. The molecule has 0 radical (unpaired) electrons. The summed E-state index contributed by atoms with van der Waals surface area (Å²) in [5, 5.41) is 0. The van der Waals surface area contributed by atoms with Crippen LogP contribution < -0.4 is 5.56 Å². The van der Waals surface area contributed by atoms with Crippen molar-refractivity contribution in [2.75, 3.05) is 14.1 Å². The molecule has 0 fully saturated rings. The summed E-state index contributed by atoms with van der Waals surface area (Å²) in [6.07, 6.45) is 1.52. The third kappa shape index (κ3) is 2.42. The minimum absolute atomic E-state index is 0.117. The van der Waals surface area contributed by atoms with Gasteiger partial charge in [-0.3, -0.25) is 9.20 Å². The third-order valence-electron chi connectivity index (χ3n) is 4.26. The largest absolute Gasteiger partial charge is 0.319 e. The lowest BCUT2D eigenvalue weighted by molar-refractivity contribution is 0.521.